The van der Waals surface area contributed by atoms with Crippen LogP contribution in [-0.2, 0) is 6.54 Å². The highest BCUT2D eigenvalue weighted by Crippen LogP contribution is 2.02. The van der Waals surface area contributed by atoms with Crippen LogP contribution in [0.25, 0.3) is 0 Å². The number of likely N-dealkylation sites (N-methyl/N-ethyl adjacent to an activating group) is 1. The van der Waals surface area contributed by atoms with Crippen LogP contribution in [0.2, 0.25) is 0 Å². The average molecular weight is 194 g/mol. The fraction of sp³-hybridized carbons (Fsp3) is 0.455. The number of nitrogens with two attached hydrogens (primary N) is 1. The van der Waals surface area contributed by atoms with Crippen molar-refractivity contribution in [1.29, 1.82) is 0 Å². The first-order valence-electron chi connectivity index (χ1n) is 4.81. The van der Waals surface area contributed by atoms with E-state index in [9.17, 15) is 0 Å². The van der Waals surface area contributed by atoms with Gasteiger partial charge in [0, 0.05) is 19.1 Å². The molecule has 14 heavy (non-hydrogen) atoms. The predicted octanol–water partition coefficient (Wildman–Crippen LogP) is 0.438. The zero-order valence-electron chi connectivity index (χ0n) is 8.56. The SMILES string of the molecule is CN(Cc1ccccc1)CC(N)CO. The van der Waals surface area contributed by atoms with Gasteiger partial charge in [-0.3, -0.25) is 0 Å². The standard InChI is InChI=1S/C11H18N2O/c1-13(8-11(12)9-14)7-10-5-3-2-4-6-10/h2-6,11,14H,7-9,12H2,1H3. The number of aliphatic hydroxyl groups excluding tert-OH is 1. The normalized spacial score (nSPS) is 13.1. The second kappa shape index (κ2) is 5.75. The highest BCUT2D eigenvalue weighted by Gasteiger charge is 2.05. The van der Waals surface area contributed by atoms with Gasteiger partial charge in [-0.25, -0.2) is 0 Å². The van der Waals surface area contributed by atoms with E-state index in [4.69, 9.17) is 10.8 Å². The first-order valence-corrected chi connectivity index (χ1v) is 4.81. The maximum absolute atomic E-state index is 8.80. The molecule has 0 amide bonds. The van der Waals surface area contributed by atoms with Crippen molar-refractivity contribution in [2.24, 2.45) is 5.73 Å². The summed E-state index contributed by atoms with van der Waals surface area (Å²) < 4.78 is 0. The van der Waals surface area contributed by atoms with Crippen molar-refractivity contribution in [2.45, 2.75) is 12.6 Å². The molecule has 0 radical (unpaired) electrons. The maximum Gasteiger partial charge on any atom is 0.0595 e. The Kier molecular flexibility index (Phi) is 4.59. The second-order valence-electron chi connectivity index (χ2n) is 3.63. The lowest BCUT2D eigenvalue weighted by Crippen LogP contribution is -2.37. The molecule has 0 saturated heterocycles. The van der Waals surface area contributed by atoms with E-state index in [1.54, 1.807) is 0 Å². The van der Waals surface area contributed by atoms with Gasteiger partial charge in [0.05, 0.1) is 6.61 Å². The Hall–Kier alpha value is -0.900. The lowest BCUT2D eigenvalue weighted by molar-refractivity contribution is 0.218. The molecule has 3 nitrogen and oxygen atoms in total. The summed E-state index contributed by atoms with van der Waals surface area (Å²) in [7, 11) is 2.00. The van der Waals surface area contributed by atoms with Crippen LogP contribution in [-0.4, -0.2) is 36.2 Å². The van der Waals surface area contributed by atoms with Crippen LogP contribution in [0.3, 0.4) is 0 Å². The minimum atomic E-state index is -0.149. The van der Waals surface area contributed by atoms with E-state index in [2.05, 4.69) is 17.0 Å². The van der Waals surface area contributed by atoms with Crippen LogP contribution in [0.1, 0.15) is 5.56 Å². The van der Waals surface area contributed by atoms with E-state index >= 15 is 0 Å². The molecule has 0 aromatic heterocycles. The molecule has 1 aromatic carbocycles. The van der Waals surface area contributed by atoms with Crippen LogP contribution in [0.15, 0.2) is 30.3 Å². The maximum atomic E-state index is 8.80. The molecule has 0 saturated carbocycles. The van der Waals surface area contributed by atoms with Crippen molar-refractivity contribution < 1.29 is 5.11 Å². The van der Waals surface area contributed by atoms with Gasteiger partial charge in [0.2, 0.25) is 0 Å². The van der Waals surface area contributed by atoms with E-state index in [1.165, 1.54) is 5.56 Å². The third kappa shape index (κ3) is 3.87. The number of benzene rings is 1. The van der Waals surface area contributed by atoms with Crippen LogP contribution >= 0.6 is 0 Å². The van der Waals surface area contributed by atoms with E-state index in [1.807, 2.05) is 25.2 Å². The van der Waals surface area contributed by atoms with Gasteiger partial charge in [-0.05, 0) is 12.6 Å². The first-order chi connectivity index (χ1) is 6.72. The molecule has 0 heterocycles. The topological polar surface area (TPSA) is 49.5 Å². The van der Waals surface area contributed by atoms with E-state index < -0.39 is 0 Å². The molecule has 3 heteroatoms. The number of hydrogen-bond acceptors (Lipinski definition) is 3. The molecule has 0 aliphatic rings. The van der Waals surface area contributed by atoms with Gasteiger partial charge < -0.3 is 15.7 Å². The van der Waals surface area contributed by atoms with Gasteiger partial charge in [-0.2, -0.15) is 0 Å². The molecule has 0 aliphatic carbocycles. The number of rotatable bonds is 5. The van der Waals surface area contributed by atoms with E-state index in [-0.39, 0.29) is 12.6 Å². The molecule has 0 spiro atoms. The average Bonchev–Trinajstić information content (AvgIpc) is 2.19. The van der Waals surface area contributed by atoms with Crippen molar-refractivity contribution in [3.05, 3.63) is 35.9 Å². The Morgan fingerprint density at radius 2 is 2.00 bits per heavy atom. The highest BCUT2D eigenvalue weighted by molar-refractivity contribution is 5.14. The lowest BCUT2D eigenvalue weighted by atomic mass is 10.2. The van der Waals surface area contributed by atoms with Crippen molar-refractivity contribution in [3.8, 4) is 0 Å². The Morgan fingerprint density at radius 1 is 1.36 bits per heavy atom. The van der Waals surface area contributed by atoms with Crippen molar-refractivity contribution in [3.63, 3.8) is 0 Å². The van der Waals surface area contributed by atoms with Gasteiger partial charge in [-0.15, -0.1) is 0 Å². The fourth-order valence-corrected chi connectivity index (χ4v) is 1.42. The van der Waals surface area contributed by atoms with E-state index in [0.717, 1.165) is 6.54 Å². The first kappa shape index (κ1) is 11.2. The summed E-state index contributed by atoms with van der Waals surface area (Å²) in [4.78, 5) is 2.11. The Balaban J connectivity index is 2.37. The van der Waals surface area contributed by atoms with Gasteiger partial charge in [0.1, 0.15) is 0 Å². The minimum absolute atomic E-state index is 0.0408. The van der Waals surface area contributed by atoms with E-state index in [0.29, 0.717) is 6.54 Å². The van der Waals surface area contributed by atoms with Crippen molar-refractivity contribution in [1.82, 2.24) is 4.90 Å². The molecule has 1 unspecified atom stereocenters. The fourth-order valence-electron chi connectivity index (χ4n) is 1.42. The minimum Gasteiger partial charge on any atom is -0.395 e. The molecule has 78 valence electrons. The molecule has 0 aliphatic heterocycles. The van der Waals surface area contributed by atoms with Crippen LogP contribution in [0.4, 0.5) is 0 Å². The summed E-state index contributed by atoms with van der Waals surface area (Å²) in [5.74, 6) is 0. The number of aliphatic hydroxyl groups is 1. The molecule has 3 N–H and O–H groups in total. The summed E-state index contributed by atoms with van der Waals surface area (Å²) in [6.45, 7) is 1.62. The van der Waals surface area contributed by atoms with Crippen molar-refractivity contribution in [2.75, 3.05) is 20.2 Å². The third-order valence-electron chi connectivity index (χ3n) is 2.08. The lowest BCUT2D eigenvalue weighted by Gasteiger charge is -2.19. The number of hydrogen-bond donors (Lipinski definition) is 2. The van der Waals surface area contributed by atoms with Crippen LogP contribution < -0.4 is 5.73 Å². The van der Waals surface area contributed by atoms with Gasteiger partial charge in [0.15, 0.2) is 0 Å². The molecular formula is C11H18N2O. The van der Waals surface area contributed by atoms with Gasteiger partial charge in [-0.1, -0.05) is 30.3 Å². The van der Waals surface area contributed by atoms with Gasteiger partial charge in [0.25, 0.3) is 0 Å². The molecule has 1 rings (SSSR count). The largest absolute Gasteiger partial charge is 0.395 e. The summed E-state index contributed by atoms with van der Waals surface area (Å²) in [6, 6.07) is 10.1. The number of nitrogens with zero attached hydrogens (tertiary/aromatic N) is 1. The Bertz CT molecular complexity index is 251. The predicted molar refractivity (Wildman–Crippen MR) is 57.8 cm³/mol. The summed E-state index contributed by atoms with van der Waals surface area (Å²) in [5, 5.41) is 8.80. The summed E-state index contributed by atoms with van der Waals surface area (Å²) in [5.41, 5.74) is 6.90. The van der Waals surface area contributed by atoms with Crippen molar-refractivity contribution >= 4 is 0 Å². The second-order valence-corrected chi connectivity index (χ2v) is 3.63. The third-order valence-corrected chi connectivity index (χ3v) is 2.08. The summed E-state index contributed by atoms with van der Waals surface area (Å²) in [6.07, 6.45) is 0. The van der Waals surface area contributed by atoms with Gasteiger partial charge >= 0.3 is 0 Å². The molecule has 1 atom stereocenters. The smallest absolute Gasteiger partial charge is 0.0595 e. The molecule has 0 bridgehead atoms. The highest BCUT2D eigenvalue weighted by atomic mass is 16.3. The molecule has 1 aromatic rings. The molecule has 0 fully saturated rings. The Labute approximate surface area is 85.2 Å². The van der Waals surface area contributed by atoms with Crippen LogP contribution in [0.5, 0.6) is 0 Å². The zero-order chi connectivity index (χ0) is 10.4. The summed E-state index contributed by atoms with van der Waals surface area (Å²) >= 11 is 0. The quantitative estimate of drug-likeness (QED) is 0.715. The zero-order valence-corrected chi connectivity index (χ0v) is 8.56. The monoisotopic (exact) mass is 194 g/mol. The molecular weight excluding hydrogens is 176 g/mol. The Morgan fingerprint density at radius 3 is 2.57 bits per heavy atom. The van der Waals surface area contributed by atoms with Crippen LogP contribution in [0, 0.1) is 0 Å².